The smallest absolute Gasteiger partial charge is 0.254 e. The van der Waals surface area contributed by atoms with E-state index < -0.39 is 0 Å². The highest BCUT2D eigenvalue weighted by Crippen LogP contribution is 2.06. The number of carbonyl (C=O) groups excluding carboxylic acids is 1. The molecule has 0 spiro atoms. The van der Waals surface area contributed by atoms with E-state index >= 15 is 0 Å². The van der Waals surface area contributed by atoms with Crippen LogP contribution in [-0.2, 0) is 11.3 Å². The molecule has 0 aliphatic heterocycles. The van der Waals surface area contributed by atoms with Crippen molar-refractivity contribution < 1.29 is 13.9 Å². The van der Waals surface area contributed by atoms with Crippen LogP contribution >= 0.6 is 0 Å². The minimum absolute atomic E-state index is 0.147. The van der Waals surface area contributed by atoms with E-state index in [9.17, 15) is 4.79 Å². The van der Waals surface area contributed by atoms with Gasteiger partial charge >= 0.3 is 0 Å². The highest BCUT2D eigenvalue weighted by molar-refractivity contribution is 5.93. The van der Waals surface area contributed by atoms with Gasteiger partial charge in [-0.15, -0.1) is 0 Å². The molecule has 0 radical (unpaired) electrons. The van der Waals surface area contributed by atoms with Crippen LogP contribution in [0.5, 0.6) is 0 Å². The van der Waals surface area contributed by atoms with Gasteiger partial charge < -0.3 is 20.2 Å². The van der Waals surface area contributed by atoms with Crippen LogP contribution in [0.2, 0.25) is 0 Å². The monoisotopic (exact) mass is 226 g/mol. The quantitative estimate of drug-likeness (QED) is 0.750. The van der Waals surface area contributed by atoms with Crippen LogP contribution in [0, 0.1) is 5.92 Å². The van der Waals surface area contributed by atoms with Crippen LogP contribution in [-0.4, -0.2) is 26.2 Å². The Kier molecular flexibility index (Phi) is 5.01. The lowest BCUT2D eigenvalue weighted by atomic mass is 10.2. The molecule has 0 bridgehead atoms. The summed E-state index contributed by atoms with van der Waals surface area (Å²) < 4.78 is 10.1. The Morgan fingerprint density at radius 3 is 3.00 bits per heavy atom. The highest BCUT2D eigenvalue weighted by Gasteiger charge is 2.10. The van der Waals surface area contributed by atoms with Gasteiger partial charge in [-0.2, -0.15) is 0 Å². The molecule has 5 nitrogen and oxygen atoms in total. The number of methoxy groups -OCH3 is 1. The van der Waals surface area contributed by atoms with Crippen molar-refractivity contribution in [2.24, 2.45) is 11.7 Å². The molecule has 0 aromatic carbocycles. The molecular weight excluding hydrogens is 208 g/mol. The number of carbonyl (C=O) groups is 1. The van der Waals surface area contributed by atoms with E-state index in [2.05, 4.69) is 5.32 Å². The third kappa shape index (κ3) is 3.67. The van der Waals surface area contributed by atoms with E-state index in [4.69, 9.17) is 14.9 Å². The zero-order valence-corrected chi connectivity index (χ0v) is 9.66. The molecule has 0 fully saturated rings. The van der Waals surface area contributed by atoms with Gasteiger partial charge in [-0.1, -0.05) is 6.92 Å². The number of amides is 1. The first-order chi connectivity index (χ1) is 7.67. The molecule has 0 saturated heterocycles. The van der Waals surface area contributed by atoms with Crippen LogP contribution in [0.15, 0.2) is 16.7 Å². The molecule has 16 heavy (non-hydrogen) atoms. The van der Waals surface area contributed by atoms with E-state index in [-0.39, 0.29) is 11.8 Å². The Hall–Kier alpha value is -1.33. The van der Waals surface area contributed by atoms with E-state index in [1.54, 1.807) is 13.2 Å². The fourth-order valence-electron chi connectivity index (χ4n) is 1.32. The zero-order valence-electron chi connectivity index (χ0n) is 9.66. The van der Waals surface area contributed by atoms with E-state index in [1.165, 1.54) is 6.26 Å². The number of hydrogen-bond acceptors (Lipinski definition) is 4. The Bertz CT molecular complexity index is 336. The average Bonchev–Trinajstić information content (AvgIpc) is 2.75. The van der Waals surface area contributed by atoms with Gasteiger partial charge in [0.15, 0.2) is 0 Å². The second kappa shape index (κ2) is 6.30. The first kappa shape index (κ1) is 12.7. The second-order valence-electron chi connectivity index (χ2n) is 3.78. The van der Waals surface area contributed by atoms with Crippen molar-refractivity contribution in [3.05, 3.63) is 23.7 Å². The molecule has 1 rings (SSSR count). The topological polar surface area (TPSA) is 77.5 Å². The number of nitrogens with one attached hydrogen (secondary N) is 1. The maximum atomic E-state index is 11.6. The van der Waals surface area contributed by atoms with Crippen LogP contribution < -0.4 is 11.1 Å². The minimum Gasteiger partial charge on any atom is -0.467 e. The Morgan fingerprint density at radius 1 is 1.69 bits per heavy atom. The Balaban J connectivity index is 2.40. The largest absolute Gasteiger partial charge is 0.467 e. The van der Waals surface area contributed by atoms with Crippen LogP contribution in [0.3, 0.4) is 0 Å². The van der Waals surface area contributed by atoms with Gasteiger partial charge in [0.05, 0.1) is 18.7 Å². The lowest BCUT2D eigenvalue weighted by Crippen LogP contribution is -2.29. The maximum Gasteiger partial charge on any atom is 0.254 e. The summed E-state index contributed by atoms with van der Waals surface area (Å²) in [5.41, 5.74) is 5.89. The van der Waals surface area contributed by atoms with Crippen LogP contribution in [0.25, 0.3) is 0 Å². The summed E-state index contributed by atoms with van der Waals surface area (Å²) in [5, 5.41) is 2.80. The summed E-state index contributed by atoms with van der Waals surface area (Å²) in [5.74, 6) is 0.747. The molecule has 0 saturated carbocycles. The molecule has 1 aromatic heterocycles. The standard InChI is InChI=1S/C11H18N2O3/c1-8(6-15-2)5-13-11(14)9-3-10(4-12)16-7-9/h3,7-8H,4-6,12H2,1-2H3,(H,13,14). The Morgan fingerprint density at radius 2 is 2.44 bits per heavy atom. The van der Waals surface area contributed by atoms with Crippen molar-refractivity contribution in [2.75, 3.05) is 20.3 Å². The Labute approximate surface area is 94.9 Å². The summed E-state index contributed by atoms with van der Waals surface area (Å²) in [6, 6.07) is 1.65. The van der Waals surface area contributed by atoms with Crippen molar-refractivity contribution >= 4 is 5.91 Å². The van der Waals surface area contributed by atoms with Gasteiger partial charge in [0.2, 0.25) is 0 Å². The molecule has 1 atom stereocenters. The van der Waals surface area contributed by atoms with E-state index in [1.807, 2.05) is 6.92 Å². The number of nitrogens with two attached hydrogens (primary N) is 1. The second-order valence-corrected chi connectivity index (χ2v) is 3.78. The molecule has 1 aromatic rings. The van der Waals surface area contributed by atoms with Gasteiger partial charge in [-0.05, 0) is 12.0 Å². The zero-order chi connectivity index (χ0) is 12.0. The predicted octanol–water partition coefficient (Wildman–Crippen LogP) is 0.751. The van der Waals surface area contributed by atoms with Gasteiger partial charge in [0.1, 0.15) is 12.0 Å². The molecule has 1 unspecified atom stereocenters. The third-order valence-electron chi connectivity index (χ3n) is 2.18. The summed E-state index contributed by atoms with van der Waals surface area (Å²) in [4.78, 5) is 11.6. The summed E-state index contributed by atoms with van der Waals surface area (Å²) in [6.45, 7) is 3.51. The van der Waals surface area contributed by atoms with E-state index in [0.29, 0.717) is 31.0 Å². The maximum absolute atomic E-state index is 11.6. The molecule has 5 heteroatoms. The average molecular weight is 226 g/mol. The van der Waals surface area contributed by atoms with Gasteiger partial charge in [-0.3, -0.25) is 4.79 Å². The highest BCUT2D eigenvalue weighted by atomic mass is 16.5. The molecule has 3 N–H and O–H groups in total. The minimum atomic E-state index is -0.147. The SMILES string of the molecule is COCC(C)CNC(=O)c1coc(CN)c1. The third-order valence-corrected chi connectivity index (χ3v) is 2.18. The normalized spacial score (nSPS) is 12.4. The molecule has 0 aliphatic carbocycles. The summed E-state index contributed by atoms with van der Waals surface area (Å²) in [6.07, 6.45) is 1.42. The van der Waals surface area contributed by atoms with Crippen LogP contribution in [0.1, 0.15) is 23.0 Å². The van der Waals surface area contributed by atoms with E-state index in [0.717, 1.165) is 0 Å². The van der Waals surface area contributed by atoms with Gasteiger partial charge in [0.25, 0.3) is 5.91 Å². The molecule has 0 aliphatic rings. The van der Waals surface area contributed by atoms with Gasteiger partial charge in [-0.25, -0.2) is 0 Å². The van der Waals surface area contributed by atoms with Crippen molar-refractivity contribution in [3.8, 4) is 0 Å². The lowest BCUT2D eigenvalue weighted by molar-refractivity contribution is 0.0933. The number of furan rings is 1. The van der Waals surface area contributed by atoms with Crippen molar-refractivity contribution in [2.45, 2.75) is 13.5 Å². The molecule has 1 amide bonds. The summed E-state index contributed by atoms with van der Waals surface area (Å²) >= 11 is 0. The predicted molar refractivity (Wildman–Crippen MR) is 60.0 cm³/mol. The lowest BCUT2D eigenvalue weighted by Gasteiger charge is -2.10. The fraction of sp³-hybridized carbons (Fsp3) is 0.545. The number of ether oxygens (including phenoxy) is 1. The first-order valence-electron chi connectivity index (χ1n) is 5.22. The molecular formula is C11H18N2O3. The fourth-order valence-corrected chi connectivity index (χ4v) is 1.32. The van der Waals surface area contributed by atoms with Crippen LogP contribution in [0.4, 0.5) is 0 Å². The number of hydrogen-bond donors (Lipinski definition) is 2. The van der Waals surface area contributed by atoms with Crippen molar-refractivity contribution in [3.63, 3.8) is 0 Å². The number of rotatable bonds is 6. The first-order valence-corrected chi connectivity index (χ1v) is 5.22. The van der Waals surface area contributed by atoms with Crippen molar-refractivity contribution in [1.29, 1.82) is 0 Å². The molecule has 1 heterocycles. The van der Waals surface area contributed by atoms with Crippen molar-refractivity contribution in [1.82, 2.24) is 5.32 Å². The summed E-state index contributed by atoms with van der Waals surface area (Å²) in [7, 11) is 1.64. The molecule has 90 valence electrons. The van der Waals surface area contributed by atoms with Gasteiger partial charge in [0, 0.05) is 13.7 Å².